The molecule has 0 saturated carbocycles. The number of hydrogen-bond acceptors (Lipinski definition) is 5. The first kappa shape index (κ1) is 10.5. The summed E-state index contributed by atoms with van der Waals surface area (Å²) < 4.78 is 4.82. The first-order valence-corrected chi connectivity index (χ1v) is 4.01. The molecule has 0 aliphatic carbocycles. The van der Waals surface area contributed by atoms with Gasteiger partial charge in [0.05, 0.1) is 0 Å². The van der Waals surface area contributed by atoms with E-state index >= 15 is 0 Å². The predicted octanol–water partition coefficient (Wildman–Crippen LogP) is -1.29. The zero-order valence-corrected chi connectivity index (χ0v) is 7.51. The number of aliphatic hydroxyl groups excluding tert-OH is 4. The third kappa shape index (κ3) is 1.83. The lowest BCUT2D eigenvalue weighted by atomic mass is 10.0. The molecular weight excluding hydrogens is 176 g/mol. The first-order chi connectivity index (χ1) is 5.95. The molecule has 0 radical (unpaired) electrons. The summed E-state index contributed by atoms with van der Waals surface area (Å²) in [5, 5.41) is 36.9. The molecule has 5 heteroatoms. The fraction of sp³-hybridized carbons (Fsp3) is 0.750. The van der Waals surface area contributed by atoms with Gasteiger partial charge >= 0.3 is 0 Å². The number of hydrogen-bond donors (Lipinski definition) is 4. The van der Waals surface area contributed by atoms with Gasteiger partial charge in [-0.1, -0.05) is 0 Å². The second kappa shape index (κ2) is 3.63. The maximum absolute atomic E-state index is 9.39. The summed E-state index contributed by atoms with van der Waals surface area (Å²) in [5.74, 6) is 0.116. The molecule has 0 aromatic rings. The van der Waals surface area contributed by atoms with Gasteiger partial charge < -0.3 is 25.2 Å². The lowest BCUT2D eigenvalue weighted by Crippen LogP contribution is -2.51. The van der Waals surface area contributed by atoms with Crippen LogP contribution in [-0.4, -0.2) is 45.0 Å². The molecule has 0 unspecified atom stereocenters. The Bertz CT molecular complexity index is 221. The van der Waals surface area contributed by atoms with Crippen LogP contribution in [0.15, 0.2) is 11.3 Å². The standard InChI is InChI=1S/C8H14O5/c1-3(2)7-5(10)4(9)6(11)8(12)13-7/h4-6,8-12H,1-2H3/t4-,5+,6-,8+/m1/s1. The minimum Gasteiger partial charge on any atom is -0.464 e. The van der Waals surface area contributed by atoms with Gasteiger partial charge in [-0.2, -0.15) is 0 Å². The SMILES string of the molecule is CC(C)=C1O[C@H](O)[C@H](O)[C@H](O)[C@@H]1O. The minimum absolute atomic E-state index is 0.116. The van der Waals surface area contributed by atoms with Crippen molar-refractivity contribution in [1.82, 2.24) is 0 Å². The highest BCUT2D eigenvalue weighted by molar-refractivity contribution is 5.13. The highest BCUT2D eigenvalue weighted by Crippen LogP contribution is 2.24. The highest BCUT2D eigenvalue weighted by Gasteiger charge is 2.40. The summed E-state index contributed by atoms with van der Waals surface area (Å²) in [7, 11) is 0. The van der Waals surface area contributed by atoms with Gasteiger partial charge in [0.25, 0.3) is 0 Å². The van der Waals surface area contributed by atoms with E-state index in [9.17, 15) is 10.2 Å². The average molecular weight is 190 g/mol. The summed E-state index contributed by atoms with van der Waals surface area (Å²) in [4.78, 5) is 0. The van der Waals surface area contributed by atoms with Crippen molar-refractivity contribution < 1.29 is 25.2 Å². The Morgan fingerprint density at radius 1 is 1.08 bits per heavy atom. The topological polar surface area (TPSA) is 90.2 Å². The molecule has 4 atom stereocenters. The van der Waals surface area contributed by atoms with E-state index in [1.165, 1.54) is 0 Å². The van der Waals surface area contributed by atoms with Gasteiger partial charge in [-0.3, -0.25) is 0 Å². The Labute approximate surface area is 75.9 Å². The van der Waals surface area contributed by atoms with Gasteiger partial charge in [0.1, 0.15) is 24.1 Å². The van der Waals surface area contributed by atoms with E-state index in [1.54, 1.807) is 13.8 Å². The smallest absolute Gasteiger partial charge is 0.226 e. The number of ether oxygens (including phenoxy) is 1. The molecule has 1 rings (SSSR count). The Kier molecular flexibility index (Phi) is 2.92. The fourth-order valence-corrected chi connectivity index (χ4v) is 1.19. The highest BCUT2D eigenvalue weighted by atomic mass is 16.6. The second-order valence-electron chi connectivity index (χ2n) is 3.30. The van der Waals surface area contributed by atoms with Crippen molar-refractivity contribution in [3.05, 3.63) is 11.3 Å². The molecule has 0 bridgehead atoms. The quantitative estimate of drug-likeness (QED) is 0.381. The number of aliphatic hydroxyl groups is 4. The monoisotopic (exact) mass is 190 g/mol. The molecule has 13 heavy (non-hydrogen) atoms. The Morgan fingerprint density at radius 3 is 2.08 bits per heavy atom. The maximum atomic E-state index is 9.39. The maximum Gasteiger partial charge on any atom is 0.226 e. The van der Waals surface area contributed by atoms with E-state index in [2.05, 4.69) is 0 Å². The van der Waals surface area contributed by atoms with Crippen molar-refractivity contribution in [3.63, 3.8) is 0 Å². The zero-order valence-electron chi connectivity index (χ0n) is 7.51. The van der Waals surface area contributed by atoms with Crippen molar-refractivity contribution in [2.24, 2.45) is 0 Å². The van der Waals surface area contributed by atoms with Gasteiger partial charge in [-0.25, -0.2) is 0 Å². The van der Waals surface area contributed by atoms with Crippen LogP contribution in [0, 0.1) is 0 Å². The Hall–Kier alpha value is -0.620. The van der Waals surface area contributed by atoms with E-state index < -0.39 is 24.6 Å². The molecule has 4 N–H and O–H groups in total. The summed E-state index contributed by atoms with van der Waals surface area (Å²) >= 11 is 0. The zero-order chi connectivity index (χ0) is 10.2. The van der Waals surface area contributed by atoms with Crippen LogP contribution in [0.5, 0.6) is 0 Å². The van der Waals surface area contributed by atoms with Gasteiger partial charge in [0.2, 0.25) is 6.29 Å². The van der Waals surface area contributed by atoms with Crippen molar-refractivity contribution in [2.75, 3.05) is 0 Å². The molecule has 76 valence electrons. The van der Waals surface area contributed by atoms with Crippen LogP contribution in [0.4, 0.5) is 0 Å². The molecule has 0 amide bonds. The molecule has 1 aliphatic heterocycles. The van der Waals surface area contributed by atoms with Crippen LogP contribution in [-0.2, 0) is 4.74 Å². The predicted molar refractivity (Wildman–Crippen MR) is 43.5 cm³/mol. The summed E-state index contributed by atoms with van der Waals surface area (Å²) in [6.07, 6.45) is -5.64. The molecule has 1 saturated heterocycles. The van der Waals surface area contributed by atoms with Crippen LogP contribution in [0.25, 0.3) is 0 Å². The second-order valence-corrected chi connectivity index (χ2v) is 3.30. The summed E-state index contributed by atoms with van der Waals surface area (Å²) in [6.45, 7) is 3.35. The third-order valence-electron chi connectivity index (χ3n) is 1.97. The van der Waals surface area contributed by atoms with Gasteiger partial charge in [0.15, 0.2) is 0 Å². The van der Waals surface area contributed by atoms with E-state index in [4.69, 9.17) is 14.9 Å². The first-order valence-electron chi connectivity index (χ1n) is 4.01. The summed E-state index contributed by atoms with van der Waals surface area (Å²) in [5.41, 5.74) is 0.650. The molecule has 0 aromatic carbocycles. The van der Waals surface area contributed by atoms with Gasteiger partial charge in [0, 0.05) is 0 Å². The lowest BCUT2D eigenvalue weighted by Gasteiger charge is -2.35. The normalized spacial score (nSPS) is 40.0. The molecular formula is C8H14O5. The fourth-order valence-electron chi connectivity index (χ4n) is 1.19. The lowest BCUT2D eigenvalue weighted by molar-refractivity contribution is -0.225. The van der Waals surface area contributed by atoms with Gasteiger partial charge in [-0.15, -0.1) is 0 Å². The van der Waals surface area contributed by atoms with E-state index in [0.717, 1.165) is 0 Å². The van der Waals surface area contributed by atoms with E-state index in [0.29, 0.717) is 5.57 Å². The number of rotatable bonds is 0. The van der Waals surface area contributed by atoms with Crippen molar-refractivity contribution in [3.8, 4) is 0 Å². The van der Waals surface area contributed by atoms with Crippen LogP contribution >= 0.6 is 0 Å². The molecule has 0 aromatic heterocycles. The Morgan fingerprint density at radius 2 is 1.62 bits per heavy atom. The van der Waals surface area contributed by atoms with Crippen LogP contribution in [0.1, 0.15) is 13.8 Å². The van der Waals surface area contributed by atoms with Crippen LogP contribution < -0.4 is 0 Å². The van der Waals surface area contributed by atoms with E-state index in [1.807, 2.05) is 0 Å². The molecule has 1 fully saturated rings. The largest absolute Gasteiger partial charge is 0.464 e. The minimum atomic E-state index is -1.48. The van der Waals surface area contributed by atoms with Crippen molar-refractivity contribution in [2.45, 2.75) is 38.4 Å². The van der Waals surface area contributed by atoms with Gasteiger partial charge in [-0.05, 0) is 19.4 Å². The average Bonchev–Trinajstić information content (AvgIpc) is 2.07. The third-order valence-corrected chi connectivity index (χ3v) is 1.97. The Balaban J connectivity index is 2.89. The van der Waals surface area contributed by atoms with Crippen LogP contribution in [0.2, 0.25) is 0 Å². The van der Waals surface area contributed by atoms with Crippen molar-refractivity contribution >= 4 is 0 Å². The molecule has 1 heterocycles. The number of allylic oxidation sites excluding steroid dienone is 1. The van der Waals surface area contributed by atoms with E-state index in [-0.39, 0.29) is 5.76 Å². The van der Waals surface area contributed by atoms with Crippen LogP contribution in [0.3, 0.4) is 0 Å². The molecule has 0 spiro atoms. The molecule has 5 nitrogen and oxygen atoms in total. The molecule has 1 aliphatic rings. The van der Waals surface area contributed by atoms with Crippen molar-refractivity contribution in [1.29, 1.82) is 0 Å². The summed E-state index contributed by atoms with van der Waals surface area (Å²) in [6, 6.07) is 0.